The van der Waals surface area contributed by atoms with Crippen LogP contribution in [0.5, 0.6) is 0 Å². The molecule has 1 aromatic rings. The summed E-state index contributed by atoms with van der Waals surface area (Å²) in [6.07, 6.45) is 5.83. The van der Waals surface area contributed by atoms with E-state index in [1.807, 2.05) is 13.8 Å². The molecule has 2 rings (SSSR count). The van der Waals surface area contributed by atoms with Gasteiger partial charge in [0.15, 0.2) is 0 Å². The first kappa shape index (κ1) is 19.7. The molecule has 0 aliphatic carbocycles. The van der Waals surface area contributed by atoms with E-state index in [9.17, 15) is 18.0 Å². The zero-order valence-corrected chi connectivity index (χ0v) is 15.7. The van der Waals surface area contributed by atoms with Crippen LogP contribution in [0.2, 0.25) is 0 Å². The lowest BCUT2D eigenvalue weighted by Crippen LogP contribution is -2.40. The van der Waals surface area contributed by atoms with Gasteiger partial charge in [-0.3, -0.25) is 9.59 Å². The Morgan fingerprint density at radius 3 is 2.48 bits per heavy atom. The van der Waals surface area contributed by atoms with Crippen molar-refractivity contribution in [3.63, 3.8) is 0 Å². The van der Waals surface area contributed by atoms with Crippen molar-refractivity contribution >= 4 is 15.9 Å². The van der Waals surface area contributed by atoms with Crippen LogP contribution in [0.25, 0.3) is 0 Å². The van der Waals surface area contributed by atoms with Gasteiger partial charge in [-0.25, -0.2) is 8.42 Å². The number of hydrogen-bond donors (Lipinski definition) is 1. The monoisotopic (exact) mass is 369 g/mol. The van der Waals surface area contributed by atoms with Gasteiger partial charge < -0.3 is 9.88 Å². The lowest BCUT2D eigenvalue weighted by molar-refractivity contribution is -0.122. The summed E-state index contributed by atoms with van der Waals surface area (Å²) >= 11 is 0. The van der Waals surface area contributed by atoms with Gasteiger partial charge in [-0.15, -0.1) is 0 Å². The van der Waals surface area contributed by atoms with Gasteiger partial charge >= 0.3 is 0 Å². The van der Waals surface area contributed by atoms with Crippen molar-refractivity contribution in [3.8, 4) is 0 Å². The van der Waals surface area contributed by atoms with Crippen molar-refractivity contribution in [2.75, 3.05) is 13.1 Å². The average molecular weight is 369 g/mol. The fourth-order valence-corrected chi connectivity index (χ4v) is 4.44. The Hall–Kier alpha value is -1.67. The summed E-state index contributed by atoms with van der Waals surface area (Å²) in [5, 5.41) is 2.78. The van der Waals surface area contributed by atoms with E-state index in [2.05, 4.69) is 5.32 Å². The third kappa shape index (κ3) is 4.92. The van der Waals surface area contributed by atoms with E-state index in [1.54, 1.807) is 0 Å². The molecule has 1 amide bonds. The third-order valence-corrected chi connectivity index (χ3v) is 6.41. The van der Waals surface area contributed by atoms with Crippen LogP contribution in [0, 0.1) is 0 Å². The Bertz CT molecular complexity index is 749. The summed E-state index contributed by atoms with van der Waals surface area (Å²) in [6, 6.07) is 2.83. The van der Waals surface area contributed by atoms with E-state index >= 15 is 0 Å². The van der Waals surface area contributed by atoms with E-state index in [0.717, 1.165) is 36.7 Å². The minimum absolute atomic E-state index is 0.00668. The topological polar surface area (TPSA) is 88.5 Å². The molecule has 2 heterocycles. The maximum atomic E-state index is 12.8. The van der Waals surface area contributed by atoms with Crippen molar-refractivity contribution in [1.82, 2.24) is 14.2 Å². The van der Waals surface area contributed by atoms with Gasteiger partial charge in [-0.05, 0) is 38.3 Å². The van der Waals surface area contributed by atoms with Crippen LogP contribution in [-0.2, 0) is 21.4 Å². The minimum Gasteiger partial charge on any atom is -0.352 e. The number of carbonyl (C=O) groups is 1. The van der Waals surface area contributed by atoms with Gasteiger partial charge in [0.2, 0.25) is 15.9 Å². The van der Waals surface area contributed by atoms with E-state index in [4.69, 9.17) is 0 Å². The predicted molar refractivity (Wildman–Crippen MR) is 95.8 cm³/mol. The molecular formula is C17H27N3O4S. The number of sulfonamides is 1. The van der Waals surface area contributed by atoms with Gasteiger partial charge in [-0.2, -0.15) is 4.31 Å². The highest BCUT2D eigenvalue weighted by molar-refractivity contribution is 7.89. The quantitative estimate of drug-likeness (QED) is 0.819. The number of hydrogen-bond acceptors (Lipinski definition) is 4. The fourth-order valence-electron chi connectivity index (χ4n) is 2.83. The number of pyridine rings is 1. The van der Waals surface area contributed by atoms with Crippen LogP contribution >= 0.6 is 0 Å². The second-order valence-corrected chi connectivity index (χ2v) is 8.41. The molecule has 1 aliphatic rings. The molecule has 0 bridgehead atoms. The van der Waals surface area contributed by atoms with Crippen LogP contribution in [0.15, 0.2) is 28.0 Å². The summed E-state index contributed by atoms with van der Waals surface area (Å²) in [7, 11) is -3.83. The molecule has 0 radical (unpaired) electrons. The van der Waals surface area contributed by atoms with Crippen molar-refractivity contribution in [2.24, 2.45) is 0 Å². The van der Waals surface area contributed by atoms with E-state index < -0.39 is 15.6 Å². The predicted octanol–water partition coefficient (Wildman–Crippen LogP) is 1.33. The fraction of sp³-hybridized carbons (Fsp3) is 0.647. The lowest BCUT2D eigenvalue weighted by atomic mass is 10.2. The zero-order valence-electron chi connectivity index (χ0n) is 14.9. The van der Waals surface area contributed by atoms with Gasteiger partial charge in [0.1, 0.15) is 11.4 Å². The second-order valence-electron chi connectivity index (χ2n) is 6.50. The number of rotatable bonds is 6. The van der Waals surface area contributed by atoms with Crippen molar-refractivity contribution in [1.29, 1.82) is 0 Å². The van der Waals surface area contributed by atoms with Crippen LogP contribution in [0.3, 0.4) is 0 Å². The lowest BCUT2D eigenvalue weighted by Gasteiger charge is -2.20. The maximum absolute atomic E-state index is 12.8. The molecule has 8 heteroatoms. The Morgan fingerprint density at radius 1 is 1.24 bits per heavy atom. The van der Waals surface area contributed by atoms with Crippen LogP contribution in [0.1, 0.15) is 46.0 Å². The first-order chi connectivity index (χ1) is 11.9. The molecule has 0 aromatic carbocycles. The number of amides is 1. The first-order valence-electron chi connectivity index (χ1n) is 8.85. The molecule has 1 aliphatic heterocycles. The summed E-state index contributed by atoms with van der Waals surface area (Å²) in [5.41, 5.74) is -0.647. The molecule has 1 unspecified atom stereocenters. The molecule has 1 fully saturated rings. The van der Waals surface area contributed by atoms with Crippen LogP contribution < -0.4 is 10.9 Å². The molecular weight excluding hydrogens is 342 g/mol. The maximum Gasteiger partial charge on any atom is 0.271 e. The Morgan fingerprint density at radius 2 is 1.88 bits per heavy atom. The van der Waals surface area contributed by atoms with Gasteiger partial charge in [0.05, 0.1) is 0 Å². The molecule has 25 heavy (non-hydrogen) atoms. The van der Waals surface area contributed by atoms with Gasteiger partial charge in [0, 0.05) is 25.3 Å². The largest absolute Gasteiger partial charge is 0.352 e. The molecule has 0 saturated carbocycles. The minimum atomic E-state index is -3.83. The molecule has 7 nitrogen and oxygen atoms in total. The summed E-state index contributed by atoms with van der Waals surface area (Å²) in [4.78, 5) is 24.4. The smallest absolute Gasteiger partial charge is 0.271 e. The second kappa shape index (κ2) is 8.62. The number of nitrogens with one attached hydrogen (secondary N) is 1. The van der Waals surface area contributed by atoms with E-state index in [-0.39, 0.29) is 23.4 Å². The highest BCUT2D eigenvalue weighted by Crippen LogP contribution is 2.17. The third-order valence-electron chi connectivity index (χ3n) is 4.50. The van der Waals surface area contributed by atoms with Crippen LogP contribution in [-0.4, -0.2) is 42.3 Å². The van der Waals surface area contributed by atoms with Gasteiger partial charge in [-0.1, -0.05) is 19.8 Å². The van der Waals surface area contributed by atoms with Crippen molar-refractivity contribution in [2.45, 2.75) is 63.4 Å². The number of carbonyl (C=O) groups excluding carboxylic acids is 1. The molecule has 1 atom stereocenters. The Balaban J connectivity index is 2.25. The molecule has 1 aromatic heterocycles. The Kier molecular flexibility index (Phi) is 6.78. The number of aromatic nitrogens is 1. The summed E-state index contributed by atoms with van der Waals surface area (Å²) < 4.78 is 28.2. The molecule has 0 spiro atoms. The van der Waals surface area contributed by atoms with E-state index in [1.165, 1.54) is 22.6 Å². The van der Waals surface area contributed by atoms with Crippen molar-refractivity contribution < 1.29 is 13.2 Å². The highest BCUT2D eigenvalue weighted by Gasteiger charge is 2.28. The zero-order chi connectivity index (χ0) is 18.4. The highest BCUT2D eigenvalue weighted by atomic mass is 32.2. The first-order valence-corrected chi connectivity index (χ1v) is 10.3. The molecule has 1 N–H and O–H groups in total. The summed E-state index contributed by atoms with van der Waals surface area (Å²) in [6.45, 7) is 4.51. The standard InChI is InChI=1S/C17H27N3O4S/c1-3-14(2)18-16(21)13-19-10-8-9-15(17(19)22)25(23,24)20-11-6-4-5-7-12-20/h8-10,14H,3-7,11-13H2,1-2H3,(H,18,21). The van der Waals surface area contributed by atoms with Crippen LogP contribution in [0.4, 0.5) is 0 Å². The van der Waals surface area contributed by atoms with Crippen molar-refractivity contribution in [3.05, 3.63) is 28.7 Å². The van der Waals surface area contributed by atoms with E-state index in [0.29, 0.717) is 13.1 Å². The average Bonchev–Trinajstić information content (AvgIpc) is 2.86. The molecule has 1 saturated heterocycles. The number of nitrogens with zero attached hydrogens (tertiary/aromatic N) is 2. The van der Waals surface area contributed by atoms with Gasteiger partial charge in [0.25, 0.3) is 5.56 Å². The normalized spacial score (nSPS) is 17.7. The molecule has 140 valence electrons. The SMILES string of the molecule is CCC(C)NC(=O)Cn1cccc(S(=O)(=O)N2CCCCCC2)c1=O. The summed E-state index contributed by atoms with van der Waals surface area (Å²) in [5.74, 6) is -0.305. The Labute approximate surface area is 149 Å².